The standard InChI is InChI=1S/C16H12O4/c17-15(18)13-11-7-3-1-5-9(11)10-6-2-4-8-12(10)14(13)16(19)20/h1-8,13-14H,(H,17,18)(H,19,20)/t13-,14-/m0/s1. The molecule has 0 saturated heterocycles. The minimum absolute atomic E-state index is 0.561. The monoisotopic (exact) mass is 268 g/mol. The molecule has 0 bridgehead atoms. The molecule has 1 aliphatic rings. The number of hydrogen-bond acceptors (Lipinski definition) is 2. The Morgan fingerprint density at radius 2 is 1.05 bits per heavy atom. The second-order valence-electron chi connectivity index (χ2n) is 4.81. The van der Waals surface area contributed by atoms with Gasteiger partial charge in [0.25, 0.3) is 0 Å². The fourth-order valence-corrected chi connectivity index (χ4v) is 2.94. The third kappa shape index (κ3) is 1.69. The average Bonchev–Trinajstić information content (AvgIpc) is 2.45. The molecule has 0 radical (unpaired) electrons. The van der Waals surface area contributed by atoms with Gasteiger partial charge in [-0.15, -0.1) is 0 Å². The van der Waals surface area contributed by atoms with Crippen molar-refractivity contribution < 1.29 is 19.8 Å². The van der Waals surface area contributed by atoms with Gasteiger partial charge in [-0.2, -0.15) is 0 Å². The number of carboxylic acids is 2. The van der Waals surface area contributed by atoms with Crippen LogP contribution in [0.2, 0.25) is 0 Å². The first kappa shape index (κ1) is 12.4. The van der Waals surface area contributed by atoms with Crippen LogP contribution in [0, 0.1) is 0 Å². The molecule has 2 aromatic carbocycles. The van der Waals surface area contributed by atoms with E-state index in [2.05, 4.69) is 0 Å². The summed E-state index contributed by atoms with van der Waals surface area (Å²) < 4.78 is 0. The highest BCUT2D eigenvalue weighted by atomic mass is 16.4. The van der Waals surface area contributed by atoms with E-state index in [0.717, 1.165) is 11.1 Å². The van der Waals surface area contributed by atoms with Crippen molar-refractivity contribution in [2.75, 3.05) is 0 Å². The Bertz CT molecular complexity index is 644. The molecule has 2 aromatic rings. The van der Waals surface area contributed by atoms with Crippen molar-refractivity contribution >= 4 is 11.9 Å². The fourth-order valence-electron chi connectivity index (χ4n) is 2.94. The number of carbonyl (C=O) groups is 2. The van der Waals surface area contributed by atoms with Gasteiger partial charge in [-0.05, 0) is 22.3 Å². The van der Waals surface area contributed by atoms with Crippen molar-refractivity contribution in [1.82, 2.24) is 0 Å². The van der Waals surface area contributed by atoms with E-state index in [-0.39, 0.29) is 0 Å². The second kappa shape index (κ2) is 4.49. The van der Waals surface area contributed by atoms with Gasteiger partial charge in [-0.25, -0.2) is 0 Å². The molecule has 0 aliphatic heterocycles. The minimum Gasteiger partial charge on any atom is -0.481 e. The predicted molar refractivity (Wildman–Crippen MR) is 72.6 cm³/mol. The van der Waals surface area contributed by atoms with Crippen LogP contribution >= 0.6 is 0 Å². The van der Waals surface area contributed by atoms with Crippen LogP contribution in [0.4, 0.5) is 0 Å². The van der Waals surface area contributed by atoms with E-state index in [4.69, 9.17) is 0 Å². The average molecular weight is 268 g/mol. The van der Waals surface area contributed by atoms with Gasteiger partial charge in [-0.3, -0.25) is 9.59 Å². The Morgan fingerprint density at radius 3 is 1.40 bits per heavy atom. The fraction of sp³-hybridized carbons (Fsp3) is 0.125. The molecule has 3 rings (SSSR count). The Labute approximate surface area is 115 Å². The first-order valence-electron chi connectivity index (χ1n) is 6.25. The summed E-state index contributed by atoms with van der Waals surface area (Å²) in [5.41, 5.74) is 2.72. The summed E-state index contributed by atoms with van der Waals surface area (Å²) in [7, 11) is 0. The number of aliphatic carboxylic acids is 2. The maximum Gasteiger partial charge on any atom is 0.312 e. The highest BCUT2D eigenvalue weighted by molar-refractivity contribution is 5.95. The Morgan fingerprint density at radius 1 is 0.700 bits per heavy atom. The Balaban J connectivity index is 2.35. The number of fused-ring (bicyclic) bond motifs is 3. The van der Waals surface area contributed by atoms with Crippen molar-refractivity contribution in [3.8, 4) is 11.1 Å². The van der Waals surface area contributed by atoms with E-state index >= 15 is 0 Å². The topological polar surface area (TPSA) is 74.6 Å². The van der Waals surface area contributed by atoms with Crippen LogP contribution in [0.5, 0.6) is 0 Å². The second-order valence-corrected chi connectivity index (χ2v) is 4.81. The van der Waals surface area contributed by atoms with Crippen LogP contribution in [0.1, 0.15) is 23.0 Å². The zero-order valence-corrected chi connectivity index (χ0v) is 10.5. The van der Waals surface area contributed by atoms with Gasteiger partial charge in [0.15, 0.2) is 0 Å². The van der Waals surface area contributed by atoms with E-state index in [1.807, 2.05) is 24.3 Å². The quantitative estimate of drug-likeness (QED) is 0.878. The highest BCUT2D eigenvalue weighted by Crippen LogP contribution is 2.46. The molecule has 0 unspecified atom stereocenters. The molecule has 2 atom stereocenters. The summed E-state index contributed by atoms with van der Waals surface area (Å²) in [5, 5.41) is 18.9. The molecule has 20 heavy (non-hydrogen) atoms. The normalized spacial score (nSPS) is 19.8. The van der Waals surface area contributed by atoms with Gasteiger partial charge >= 0.3 is 11.9 Å². The van der Waals surface area contributed by atoms with Crippen LogP contribution in [-0.4, -0.2) is 22.2 Å². The van der Waals surface area contributed by atoms with E-state index < -0.39 is 23.8 Å². The molecule has 0 spiro atoms. The van der Waals surface area contributed by atoms with Crippen molar-refractivity contribution in [3.05, 3.63) is 59.7 Å². The van der Waals surface area contributed by atoms with Crippen LogP contribution in [0.25, 0.3) is 11.1 Å². The van der Waals surface area contributed by atoms with Gasteiger partial charge in [0.05, 0.1) is 11.8 Å². The van der Waals surface area contributed by atoms with E-state index in [9.17, 15) is 19.8 Å². The lowest BCUT2D eigenvalue weighted by molar-refractivity contribution is -0.147. The Kier molecular flexibility index (Phi) is 2.79. The zero-order chi connectivity index (χ0) is 14.3. The third-order valence-electron chi connectivity index (χ3n) is 3.75. The summed E-state index contributed by atoms with van der Waals surface area (Å²) in [6, 6.07) is 14.2. The Hall–Kier alpha value is -2.62. The van der Waals surface area contributed by atoms with Gasteiger partial charge in [-0.1, -0.05) is 48.5 Å². The molecule has 100 valence electrons. The summed E-state index contributed by atoms with van der Waals surface area (Å²) in [6.07, 6.45) is 0. The van der Waals surface area contributed by atoms with Crippen LogP contribution in [-0.2, 0) is 9.59 Å². The first-order valence-corrected chi connectivity index (χ1v) is 6.25. The SMILES string of the molecule is O=C(O)[C@H]1c2ccccc2-c2ccccc2[C@@H]1C(=O)O. The van der Waals surface area contributed by atoms with Gasteiger partial charge in [0.1, 0.15) is 0 Å². The van der Waals surface area contributed by atoms with Gasteiger partial charge in [0, 0.05) is 0 Å². The lowest BCUT2D eigenvalue weighted by Crippen LogP contribution is -2.29. The predicted octanol–water partition coefficient (Wildman–Crippen LogP) is 2.70. The molecule has 0 saturated carbocycles. The lowest BCUT2D eigenvalue weighted by Gasteiger charge is -2.30. The number of rotatable bonds is 2. The van der Waals surface area contributed by atoms with E-state index in [0.29, 0.717) is 11.1 Å². The molecule has 4 heteroatoms. The number of hydrogen-bond donors (Lipinski definition) is 2. The summed E-state index contributed by atoms with van der Waals surface area (Å²) in [6.45, 7) is 0. The molecule has 0 heterocycles. The van der Waals surface area contributed by atoms with Crippen molar-refractivity contribution in [2.24, 2.45) is 0 Å². The van der Waals surface area contributed by atoms with E-state index in [1.165, 1.54) is 0 Å². The van der Waals surface area contributed by atoms with Crippen molar-refractivity contribution in [2.45, 2.75) is 11.8 Å². The third-order valence-corrected chi connectivity index (χ3v) is 3.75. The summed E-state index contributed by atoms with van der Waals surface area (Å²) >= 11 is 0. The summed E-state index contributed by atoms with van der Waals surface area (Å²) in [4.78, 5) is 23.2. The molecule has 0 amide bonds. The van der Waals surface area contributed by atoms with Crippen molar-refractivity contribution in [1.29, 1.82) is 0 Å². The van der Waals surface area contributed by atoms with Crippen LogP contribution < -0.4 is 0 Å². The first-order chi connectivity index (χ1) is 9.61. The largest absolute Gasteiger partial charge is 0.481 e. The maximum atomic E-state index is 11.6. The number of carboxylic acid groups (broad SMARTS) is 2. The van der Waals surface area contributed by atoms with Crippen molar-refractivity contribution in [3.63, 3.8) is 0 Å². The number of benzene rings is 2. The van der Waals surface area contributed by atoms with Crippen LogP contribution in [0.3, 0.4) is 0 Å². The van der Waals surface area contributed by atoms with Gasteiger partial charge in [0.2, 0.25) is 0 Å². The van der Waals surface area contributed by atoms with Crippen LogP contribution in [0.15, 0.2) is 48.5 Å². The smallest absolute Gasteiger partial charge is 0.312 e. The molecule has 0 aromatic heterocycles. The maximum absolute atomic E-state index is 11.6. The molecule has 2 N–H and O–H groups in total. The minimum atomic E-state index is -1.11. The van der Waals surface area contributed by atoms with Gasteiger partial charge < -0.3 is 10.2 Å². The molecular weight excluding hydrogens is 256 g/mol. The molecule has 1 aliphatic carbocycles. The molecular formula is C16H12O4. The summed E-state index contributed by atoms with van der Waals surface area (Å²) in [5.74, 6) is -4.34. The zero-order valence-electron chi connectivity index (χ0n) is 10.5. The lowest BCUT2D eigenvalue weighted by atomic mass is 9.71. The molecule has 0 fully saturated rings. The highest BCUT2D eigenvalue weighted by Gasteiger charge is 2.42. The van der Waals surface area contributed by atoms with E-state index in [1.54, 1.807) is 24.3 Å². The molecule has 4 nitrogen and oxygen atoms in total.